The molecule has 1 aliphatic heterocycles. The number of aromatic nitrogens is 1. The van der Waals surface area contributed by atoms with Crippen molar-refractivity contribution in [1.29, 1.82) is 0 Å². The molecule has 1 aromatic carbocycles. The number of pyridine rings is 1. The number of halogens is 7. The summed E-state index contributed by atoms with van der Waals surface area (Å²) >= 11 is 0. The van der Waals surface area contributed by atoms with E-state index in [1.165, 1.54) is 0 Å². The molecule has 1 saturated heterocycles. The molecule has 2 unspecified atom stereocenters. The third-order valence-electron chi connectivity index (χ3n) is 5.52. The van der Waals surface area contributed by atoms with E-state index in [0.717, 1.165) is 18.3 Å². The smallest absolute Gasteiger partial charge is 0.396 e. The molecule has 3 rings (SSSR count). The van der Waals surface area contributed by atoms with Crippen molar-refractivity contribution < 1.29 is 48.7 Å². The summed E-state index contributed by atoms with van der Waals surface area (Å²) in [5.41, 5.74) is -3.78. The third-order valence-corrected chi connectivity index (χ3v) is 6.33. The lowest BCUT2D eigenvalue weighted by atomic mass is 9.81. The van der Waals surface area contributed by atoms with Gasteiger partial charge in [0.15, 0.2) is 16.6 Å². The number of nitrogens with two attached hydrogens (primary N) is 1. The Morgan fingerprint density at radius 1 is 1.29 bits per heavy atom. The quantitative estimate of drug-likeness (QED) is 0.554. The van der Waals surface area contributed by atoms with Gasteiger partial charge in [-0.15, -0.1) is 0 Å². The van der Waals surface area contributed by atoms with Crippen molar-refractivity contribution in [2.45, 2.75) is 37.2 Å². The highest BCUT2D eigenvalue weighted by atomic mass is 32.2. The standard InChI is InChI=1S/C19H17F7N4O4S/c1-18(19(24,25)26)5-7-30(11-3-2-10(20)13(21)14(11)34-17(22)23)15(18)16(31)29-9-4-6-28-12(8-9)35(27,32)33/h2-4,6,8,15,17H,5,7H2,1H3,(H2,27,32,33)(H,28,29,31). The third kappa shape index (κ3) is 5.12. The number of anilines is 2. The number of primary sulfonamides is 1. The molecule has 16 heteroatoms. The van der Waals surface area contributed by atoms with Crippen molar-refractivity contribution in [2.75, 3.05) is 16.8 Å². The number of sulfonamides is 1. The highest BCUT2D eigenvalue weighted by Gasteiger charge is 2.63. The predicted molar refractivity (Wildman–Crippen MR) is 107 cm³/mol. The van der Waals surface area contributed by atoms with Crippen molar-refractivity contribution in [2.24, 2.45) is 10.6 Å². The summed E-state index contributed by atoms with van der Waals surface area (Å²) in [5, 5.41) is 6.38. The lowest BCUT2D eigenvalue weighted by molar-refractivity contribution is -0.219. The lowest BCUT2D eigenvalue weighted by Crippen LogP contribution is -2.53. The van der Waals surface area contributed by atoms with Crippen LogP contribution in [0, 0.1) is 17.0 Å². The van der Waals surface area contributed by atoms with Crippen molar-refractivity contribution in [3.63, 3.8) is 0 Å². The molecular weight excluding hydrogens is 513 g/mol. The number of benzene rings is 1. The fourth-order valence-electron chi connectivity index (χ4n) is 3.75. The van der Waals surface area contributed by atoms with Gasteiger partial charge in [0.1, 0.15) is 6.04 Å². The van der Waals surface area contributed by atoms with Crippen LogP contribution in [0.5, 0.6) is 5.75 Å². The van der Waals surface area contributed by atoms with Gasteiger partial charge in [-0.2, -0.15) is 26.3 Å². The highest BCUT2D eigenvalue weighted by molar-refractivity contribution is 7.89. The molecule has 3 N–H and O–H groups in total. The number of carbonyl (C=O) groups is 1. The number of amides is 1. The maximum atomic E-state index is 14.3. The van der Waals surface area contributed by atoms with Gasteiger partial charge in [0.05, 0.1) is 11.1 Å². The van der Waals surface area contributed by atoms with Crippen molar-refractivity contribution in [1.82, 2.24) is 4.98 Å². The molecule has 2 aromatic rings. The van der Waals surface area contributed by atoms with Crippen LogP contribution in [-0.2, 0) is 14.8 Å². The van der Waals surface area contributed by atoms with E-state index in [1.54, 1.807) is 0 Å². The van der Waals surface area contributed by atoms with Crippen LogP contribution >= 0.6 is 0 Å². The lowest BCUT2D eigenvalue weighted by Gasteiger charge is -2.36. The van der Waals surface area contributed by atoms with Crippen LogP contribution in [0.3, 0.4) is 0 Å². The van der Waals surface area contributed by atoms with Crippen LogP contribution in [0.25, 0.3) is 0 Å². The van der Waals surface area contributed by atoms with E-state index in [0.29, 0.717) is 24.0 Å². The molecule has 0 radical (unpaired) electrons. The van der Waals surface area contributed by atoms with Gasteiger partial charge < -0.3 is 15.0 Å². The summed E-state index contributed by atoms with van der Waals surface area (Å²) in [6.45, 7) is -3.52. The molecule has 0 bridgehead atoms. The van der Waals surface area contributed by atoms with Gasteiger partial charge >= 0.3 is 12.8 Å². The van der Waals surface area contributed by atoms with Gasteiger partial charge in [0.25, 0.3) is 10.0 Å². The summed E-state index contributed by atoms with van der Waals surface area (Å²) in [6, 6.07) is 0.880. The number of hydrogen-bond donors (Lipinski definition) is 2. The van der Waals surface area contributed by atoms with Crippen LogP contribution < -0.4 is 20.1 Å². The molecule has 0 aliphatic carbocycles. The largest absolute Gasteiger partial charge is 0.429 e. The van der Waals surface area contributed by atoms with Gasteiger partial charge in [-0.1, -0.05) is 0 Å². The second-order valence-corrected chi connectivity index (χ2v) is 9.27. The Morgan fingerprint density at radius 2 is 1.94 bits per heavy atom. The summed E-state index contributed by atoms with van der Waals surface area (Å²) < 4.78 is 123. The first kappa shape index (κ1) is 26.5. The zero-order valence-electron chi connectivity index (χ0n) is 17.6. The molecule has 0 spiro atoms. The summed E-state index contributed by atoms with van der Waals surface area (Å²) in [4.78, 5) is 17.3. The SMILES string of the molecule is CC1(C(F)(F)F)CCN(c2ccc(F)c(F)c2OC(F)F)C1C(=O)Nc1ccnc(S(N)(=O)=O)c1. The van der Waals surface area contributed by atoms with Gasteiger partial charge in [-0.3, -0.25) is 4.79 Å². The molecular formula is C19H17F7N4O4S. The molecule has 0 saturated carbocycles. The van der Waals surface area contributed by atoms with Gasteiger partial charge in [0, 0.05) is 24.5 Å². The first-order valence-electron chi connectivity index (χ1n) is 9.62. The van der Waals surface area contributed by atoms with Crippen molar-refractivity contribution in [3.05, 3.63) is 42.1 Å². The van der Waals surface area contributed by atoms with Crippen LogP contribution in [-0.4, -0.2) is 44.7 Å². The maximum Gasteiger partial charge on any atom is 0.396 e. The predicted octanol–water partition coefficient (Wildman–Crippen LogP) is 3.39. The molecule has 2 heterocycles. The second kappa shape index (κ2) is 9.14. The molecule has 1 fully saturated rings. The first-order chi connectivity index (χ1) is 16.1. The van der Waals surface area contributed by atoms with Crippen LogP contribution in [0.15, 0.2) is 35.5 Å². The van der Waals surface area contributed by atoms with E-state index >= 15 is 0 Å². The monoisotopic (exact) mass is 530 g/mol. The fraction of sp³-hybridized carbons (Fsp3) is 0.368. The Kier molecular flexibility index (Phi) is 6.91. The molecule has 1 amide bonds. The number of hydrogen-bond acceptors (Lipinski definition) is 6. The van der Waals surface area contributed by atoms with E-state index < -0.39 is 81.2 Å². The average Bonchev–Trinajstić information content (AvgIpc) is 3.09. The van der Waals surface area contributed by atoms with Gasteiger partial charge in [-0.25, -0.2) is 22.9 Å². The van der Waals surface area contributed by atoms with Crippen molar-refractivity contribution in [3.8, 4) is 5.75 Å². The molecule has 35 heavy (non-hydrogen) atoms. The summed E-state index contributed by atoms with van der Waals surface area (Å²) in [6.07, 6.45) is -4.80. The molecule has 8 nitrogen and oxygen atoms in total. The van der Waals surface area contributed by atoms with Crippen molar-refractivity contribution >= 4 is 27.3 Å². The Balaban J connectivity index is 2.10. The second-order valence-electron chi connectivity index (χ2n) is 7.77. The number of rotatable bonds is 6. The minimum absolute atomic E-state index is 0.292. The number of carbonyl (C=O) groups excluding carboxylic acids is 1. The Bertz CT molecular complexity index is 1240. The minimum Gasteiger partial charge on any atom is -0.429 e. The zero-order valence-corrected chi connectivity index (χ0v) is 18.4. The molecule has 1 aromatic heterocycles. The first-order valence-corrected chi connectivity index (χ1v) is 11.2. The number of nitrogens with zero attached hydrogens (tertiary/aromatic N) is 2. The van der Waals surface area contributed by atoms with E-state index in [1.807, 2.05) is 0 Å². The Hall–Kier alpha value is -3.14. The van der Waals surface area contributed by atoms with E-state index in [4.69, 9.17) is 5.14 Å². The van der Waals surface area contributed by atoms with E-state index in [9.17, 15) is 43.9 Å². The van der Waals surface area contributed by atoms with Crippen LogP contribution in [0.2, 0.25) is 0 Å². The average molecular weight is 530 g/mol. The normalized spacial score (nSPS) is 20.9. The van der Waals surface area contributed by atoms with Crippen LogP contribution in [0.4, 0.5) is 42.1 Å². The van der Waals surface area contributed by atoms with Gasteiger partial charge in [-0.05, 0) is 31.5 Å². The van der Waals surface area contributed by atoms with E-state index in [2.05, 4.69) is 15.0 Å². The highest BCUT2D eigenvalue weighted by Crippen LogP contribution is 2.52. The summed E-state index contributed by atoms with van der Waals surface area (Å²) in [7, 11) is -4.32. The topological polar surface area (TPSA) is 115 Å². The number of nitrogens with one attached hydrogen (secondary N) is 1. The Morgan fingerprint density at radius 3 is 2.51 bits per heavy atom. The molecule has 2 atom stereocenters. The van der Waals surface area contributed by atoms with Crippen LogP contribution in [0.1, 0.15) is 13.3 Å². The summed E-state index contributed by atoms with van der Waals surface area (Å²) in [5.74, 6) is -6.20. The molecule has 1 aliphatic rings. The Labute approximate surface area is 193 Å². The molecule has 192 valence electrons. The number of ether oxygens (including phenoxy) is 1. The van der Waals surface area contributed by atoms with Gasteiger partial charge in [0.2, 0.25) is 11.7 Å². The zero-order chi connectivity index (χ0) is 26.3. The maximum absolute atomic E-state index is 14.3. The van der Waals surface area contributed by atoms with E-state index in [-0.39, 0.29) is 5.69 Å². The fourth-order valence-corrected chi connectivity index (χ4v) is 4.25. The minimum atomic E-state index is -5.00. The number of alkyl halides is 5.